The maximum atomic E-state index is 12.7. The average Bonchev–Trinajstić information content (AvgIpc) is 3.54. The van der Waals surface area contributed by atoms with Crippen LogP contribution in [0.15, 0.2) is 0 Å². The van der Waals surface area contributed by atoms with Gasteiger partial charge in [0.15, 0.2) is 0 Å². The van der Waals surface area contributed by atoms with Crippen LogP contribution in [0.3, 0.4) is 0 Å². The van der Waals surface area contributed by atoms with Crippen LogP contribution in [-0.2, 0) is 47.7 Å². The summed E-state index contributed by atoms with van der Waals surface area (Å²) in [5.41, 5.74) is 0. The van der Waals surface area contributed by atoms with Crippen molar-refractivity contribution in [2.24, 2.45) is 11.8 Å². The number of carbonyl (C=O) groups is 5. The highest BCUT2D eigenvalue weighted by atomic mass is 33.1. The Kier molecular flexibility index (Phi) is 52.7. The standard InChI is InChI=1S/C67H128N4O14S2/c1-9-57(10-2)53-82-64(77)33-19-15-13-17-29-59(72)49-71(50-60(73)30-18-14-16-20-34-65(78)83-54-58(11-3)12-4)39-27-28-47-86-87-48-45-69-42-40-68(41-43-69)44-46-81-63(76)35-25-26-38-70(51-61(74)31-21-23-36-66(79)84-55(5)6)52-62(75)32-22-24-37-67(80)85-56(7)8/h55-62,72-75H,9-54H2,1-8H3. The maximum absolute atomic E-state index is 12.7. The van der Waals surface area contributed by atoms with Gasteiger partial charge in [-0.05, 0) is 130 Å². The second-order valence-corrected chi connectivity index (χ2v) is 27.8. The summed E-state index contributed by atoms with van der Waals surface area (Å²) in [5.74, 6) is 2.06. The van der Waals surface area contributed by atoms with E-state index in [1.165, 1.54) is 0 Å². The van der Waals surface area contributed by atoms with Crippen molar-refractivity contribution in [3.8, 4) is 0 Å². The van der Waals surface area contributed by atoms with Gasteiger partial charge < -0.3 is 44.1 Å². The number of rotatable bonds is 59. The third kappa shape index (κ3) is 50.0. The fourth-order valence-corrected chi connectivity index (χ4v) is 12.8. The van der Waals surface area contributed by atoms with Crippen molar-refractivity contribution in [3.63, 3.8) is 0 Å². The van der Waals surface area contributed by atoms with E-state index in [0.29, 0.717) is 167 Å². The average molecular weight is 1280 g/mol. The van der Waals surface area contributed by atoms with Crippen molar-refractivity contribution in [3.05, 3.63) is 0 Å². The highest BCUT2D eigenvalue weighted by molar-refractivity contribution is 8.76. The lowest BCUT2D eigenvalue weighted by atomic mass is 10.1. The molecule has 20 heteroatoms. The third-order valence-corrected chi connectivity index (χ3v) is 18.8. The highest BCUT2D eigenvalue weighted by Crippen LogP contribution is 2.23. The molecule has 4 unspecified atom stereocenters. The molecule has 18 nitrogen and oxygen atoms in total. The topological polar surface area (TPSA) is 225 Å². The summed E-state index contributed by atoms with van der Waals surface area (Å²) in [6, 6.07) is 0. The summed E-state index contributed by atoms with van der Waals surface area (Å²) >= 11 is 0. The lowest BCUT2D eigenvalue weighted by Crippen LogP contribution is -2.47. The van der Waals surface area contributed by atoms with Crippen LogP contribution in [0, 0.1) is 11.8 Å². The van der Waals surface area contributed by atoms with Crippen molar-refractivity contribution in [2.45, 2.75) is 278 Å². The summed E-state index contributed by atoms with van der Waals surface area (Å²) < 4.78 is 27.0. The van der Waals surface area contributed by atoms with Gasteiger partial charge in [0.25, 0.3) is 0 Å². The molecule has 0 aliphatic carbocycles. The van der Waals surface area contributed by atoms with Crippen molar-refractivity contribution < 1.29 is 68.1 Å². The van der Waals surface area contributed by atoms with Crippen molar-refractivity contribution >= 4 is 51.4 Å². The van der Waals surface area contributed by atoms with E-state index in [0.717, 1.165) is 141 Å². The molecule has 0 radical (unpaired) electrons. The number of piperazine rings is 1. The van der Waals surface area contributed by atoms with E-state index in [4.69, 9.17) is 23.7 Å². The van der Waals surface area contributed by atoms with Crippen LogP contribution in [0.2, 0.25) is 0 Å². The van der Waals surface area contributed by atoms with Gasteiger partial charge in [0, 0.05) is 109 Å². The number of unbranched alkanes of at least 4 members (excludes halogenated alkanes) is 10. The number of carbonyl (C=O) groups excluding carboxylic acids is 5. The Morgan fingerprint density at radius 3 is 1.13 bits per heavy atom. The molecule has 0 amide bonds. The van der Waals surface area contributed by atoms with Crippen LogP contribution >= 0.6 is 21.6 Å². The maximum Gasteiger partial charge on any atom is 0.306 e. The lowest BCUT2D eigenvalue weighted by molar-refractivity contribution is -0.148. The van der Waals surface area contributed by atoms with E-state index in [1.807, 2.05) is 49.3 Å². The molecule has 1 fully saturated rings. The third-order valence-electron chi connectivity index (χ3n) is 16.3. The number of aliphatic hydroxyl groups excluding tert-OH is 4. The van der Waals surface area contributed by atoms with Crippen LogP contribution in [0.1, 0.15) is 242 Å². The molecule has 0 aromatic rings. The largest absolute Gasteiger partial charge is 0.465 e. The first kappa shape index (κ1) is 82.7. The Morgan fingerprint density at radius 1 is 0.402 bits per heavy atom. The molecule has 4 N–H and O–H groups in total. The Bertz CT molecular complexity index is 1610. The summed E-state index contributed by atoms with van der Waals surface area (Å²) in [6.45, 7) is 26.0. The molecule has 87 heavy (non-hydrogen) atoms. The zero-order valence-corrected chi connectivity index (χ0v) is 57.8. The van der Waals surface area contributed by atoms with Crippen molar-refractivity contribution in [2.75, 3.05) is 110 Å². The summed E-state index contributed by atoms with van der Waals surface area (Å²) in [4.78, 5) is 70.1. The van der Waals surface area contributed by atoms with Crippen LogP contribution in [0.25, 0.3) is 0 Å². The van der Waals surface area contributed by atoms with E-state index in [2.05, 4.69) is 47.3 Å². The zero-order chi connectivity index (χ0) is 64.3. The van der Waals surface area contributed by atoms with E-state index < -0.39 is 24.4 Å². The van der Waals surface area contributed by atoms with Crippen LogP contribution in [0.4, 0.5) is 0 Å². The molecule has 1 aliphatic rings. The molecule has 512 valence electrons. The van der Waals surface area contributed by atoms with Gasteiger partial charge in [0.05, 0.1) is 49.8 Å². The van der Waals surface area contributed by atoms with Gasteiger partial charge in [0.1, 0.15) is 6.61 Å². The van der Waals surface area contributed by atoms with E-state index in [9.17, 15) is 44.4 Å². The minimum absolute atomic E-state index is 0.111. The van der Waals surface area contributed by atoms with E-state index >= 15 is 0 Å². The summed E-state index contributed by atoms with van der Waals surface area (Å²) in [6.07, 6.45) is 19.1. The first-order valence-corrected chi connectivity index (χ1v) is 37.1. The minimum atomic E-state index is -0.621. The molecule has 1 heterocycles. The Morgan fingerprint density at radius 2 is 0.724 bits per heavy atom. The monoisotopic (exact) mass is 1280 g/mol. The molecule has 1 rings (SSSR count). The molecule has 0 aromatic heterocycles. The Labute approximate surface area is 536 Å². The first-order chi connectivity index (χ1) is 41.8. The van der Waals surface area contributed by atoms with E-state index in [1.54, 1.807) is 0 Å². The predicted octanol–water partition coefficient (Wildman–Crippen LogP) is 11.2. The second-order valence-electron chi connectivity index (χ2n) is 25.1. The van der Waals surface area contributed by atoms with Crippen LogP contribution in [0.5, 0.6) is 0 Å². The predicted molar refractivity (Wildman–Crippen MR) is 354 cm³/mol. The quantitative estimate of drug-likeness (QED) is 0.0192. The number of esters is 5. The second kappa shape index (κ2) is 55.4. The molecule has 0 aromatic carbocycles. The number of aliphatic hydroxyl groups is 4. The number of hydrogen-bond acceptors (Lipinski definition) is 20. The van der Waals surface area contributed by atoms with Gasteiger partial charge in [-0.1, -0.05) is 126 Å². The lowest BCUT2D eigenvalue weighted by Gasteiger charge is -2.34. The number of ether oxygens (including phenoxy) is 5. The molecule has 0 bridgehead atoms. The molecule has 0 spiro atoms. The van der Waals surface area contributed by atoms with Crippen molar-refractivity contribution in [1.29, 1.82) is 0 Å². The van der Waals surface area contributed by atoms with Gasteiger partial charge >= 0.3 is 29.8 Å². The molecule has 1 aliphatic heterocycles. The molecular weight excluding hydrogens is 1150 g/mol. The highest BCUT2D eigenvalue weighted by Gasteiger charge is 2.21. The Hall–Kier alpha value is -2.27. The minimum Gasteiger partial charge on any atom is -0.465 e. The fraction of sp³-hybridized carbons (Fsp3) is 0.925. The van der Waals surface area contributed by atoms with Gasteiger partial charge in [-0.25, -0.2) is 0 Å². The van der Waals surface area contributed by atoms with E-state index in [-0.39, 0.29) is 42.1 Å². The van der Waals surface area contributed by atoms with Crippen LogP contribution in [-0.4, -0.2) is 216 Å². The normalized spacial score (nSPS) is 14.8. The first-order valence-electron chi connectivity index (χ1n) is 34.6. The molecule has 0 saturated carbocycles. The number of hydrogen-bond donors (Lipinski definition) is 4. The number of nitrogens with zero attached hydrogens (tertiary/aromatic N) is 4. The SMILES string of the molecule is CCC(CC)COC(=O)CCCCCCC(O)CN(CCCCSSCCN1CCN(CCOC(=O)CCCCN(CC(O)CCCCC(=O)OC(C)C)CC(O)CCCCC(=O)OC(C)C)CC1)CC(O)CCCCCCC(=O)OCC(CC)CC. The molecular formula is C67H128N4O14S2. The van der Waals surface area contributed by atoms with Gasteiger partial charge in [-0.3, -0.25) is 43.6 Å². The van der Waals surface area contributed by atoms with Gasteiger partial charge in [0.2, 0.25) is 0 Å². The summed E-state index contributed by atoms with van der Waals surface area (Å²) in [7, 11) is 3.84. The summed E-state index contributed by atoms with van der Waals surface area (Å²) in [5, 5.41) is 44.0. The smallest absolute Gasteiger partial charge is 0.306 e. The fourth-order valence-electron chi connectivity index (χ4n) is 10.6. The van der Waals surface area contributed by atoms with Gasteiger partial charge in [-0.15, -0.1) is 0 Å². The zero-order valence-electron chi connectivity index (χ0n) is 56.1. The van der Waals surface area contributed by atoms with Gasteiger partial charge in [-0.2, -0.15) is 0 Å². The van der Waals surface area contributed by atoms with Crippen LogP contribution < -0.4 is 0 Å². The molecule has 4 atom stereocenters. The van der Waals surface area contributed by atoms with Crippen molar-refractivity contribution in [1.82, 2.24) is 19.6 Å². The molecule has 1 saturated heterocycles. The Balaban J connectivity index is 2.43.